The molecule has 2 rings (SSSR count). The van der Waals surface area contributed by atoms with Crippen LogP contribution in [0.4, 0.5) is 10.1 Å². The van der Waals surface area contributed by atoms with Crippen LogP contribution in [0, 0.1) is 5.82 Å². The summed E-state index contributed by atoms with van der Waals surface area (Å²) in [5.74, 6) is 1.01. The van der Waals surface area contributed by atoms with Crippen molar-refractivity contribution < 1.29 is 13.9 Å². The van der Waals surface area contributed by atoms with Gasteiger partial charge in [-0.2, -0.15) is 0 Å². The molecule has 1 N–H and O–H groups in total. The van der Waals surface area contributed by atoms with E-state index in [-0.39, 0.29) is 5.82 Å². The third-order valence-electron chi connectivity index (χ3n) is 2.96. The van der Waals surface area contributed by atoms with Crippen LogP contribution in [0.2, 0.25) is 5.02 Å². The van der Waals surface area contributed by atoms with Crippen LogP contribution in [-0.4, -0.2) is 13.7 Å². The summed E-state index contributed by atoms with van der Waals surface area (Å²) >= 11 is 6.03. The van der Waals surface area contributed by atoms with Gasteiger partial charge in [-0.05, 0) is 31.2 Å². The molecule has 0 atom stereocenters. The molecule has 0 aliphatic rings. The van der Waals surface area contributed by atoms with Crippen LogP contribution in [0.15, 0.2) is 36.4 Å². The van der Waals surface area contributed by atoms with Crippen LogP contribution in [0.25, 0.3) is 0 Å². The molecule has 0 heterocycles. The summed E-state index contributed by atoms with van der Waals surface area (Å²) in [7, 11) is 1.59. The minimum atomic E-state index is -0.336. The number of methoxy groups -OCH3 is 1. The maximum Gasteiger partial charge on any atom is 0.165 e. The molecule has 112 valence electrons. The molecule has 0 saturated carbocycles. The summed E-state index contributed by atoms with van der Waals surface area (Å²) in [6.07, 6.45) is 0. The van der Waals surface area contributed by atoms with Crippen LogP contribution in [-0.2, 0) is 6.54 Å². The highest BCUT2D eigenvalue weighted by molar-refractivity contribution is 6.33. The van der Waals surface area contributed by atoms with Gasteiger partial charge in [0.2, 0.25) is 0 Å². The number of rotatable bonds is 6. The SMILES string of the molecule is CCOc1cccc(CNc2cc(F)ccc2Cl)c1OC. The van der Waals surface area contributed by atoms with Crippen molar-refractivity contribution in [3.63, 3.8) is 0 Å². The Balaban J connectivity index is 2.19. The number of ether oxygens (including phenoxy) is 2. The fourth-order valence-electron chi connectivity index (χ4n) is 2.02. The number of para-hydroxylation sites is 1. The fourth-order valence-corrected chi connectivity index (χ4v) is 2.21. The molecule has 2 aromatic carbocycles. The van der Waals surface area contributed by atoms with Crippen LogP contribution in [0.3, 0.4) is 0 Å². The molecular formula is C16H17ClFNO2. The lowest BCUT2D eigenvalue weighted by Crippen LogP contribution is -2.04. The summed E-state index contributed by atoms with van der Waals surface area (Å²) in [5, 5.41) is 3.58. The van der Waals surface area contributed by atoms with E-state index in [2.05, 4.69) is 5.32 Å². The van der Waals surface area contributed by atoms with Gasteiger partial charge in [0.25, 0.3) is 0 Å². The molecule has 0 amide bonds. The zero-order valence-electron chi connectivity index (χ0n) is 12.0. The molecule has 0 spiro atoms. The number of halogens is 2. The van der Waals surface area contributed by atoms with Crippen LogP contribution in [0.5, 0.6) is 11.5 Å². The van der Waals surface area contributed by atoms with Crippen molar-refractivity contribution in [2.45, 2.75) is 13.5 Å². The summed E-state index contributed by atoms with van der Waals surface area (Å²) in [5.41, 5.74) is 1.45. The molecule has 0 aliphatic heterocycles. The smallest absolute Gasteiger partial charge is 0.165 e. The van der Waals surface area contributed by atoms with E-state index in [1.165, 1.54) is 18.2 Å². The van der Waals surface area contributed by atoms with E-state index in [0.29, 0.717) is 35.4 Å². The molecule has 5 heteroatoms. The van der Waals surface area contributed by atoms with E-state index in [9.17, 15) is 4.39 Å². The Morgan fingerprint density at radius 3 is 2.76 bits per heavy atom. The third-order valence-corrected chi connectivity index (χ3v) is 3.29. The van der Waals surface area contributed by atoms with Gasteiger partial charge in [-0.3, -0.25) is 0 Å². The Morgan fingerprint density at radius 2 is 2.05 bits per heavy atom. The van der Waals surface area contributed by atoms with E-state index in [1.54, 1.807) is 7.11 Å². The standard InChI is InChI=1S/C16H17ClFNO2/c1-3-21-15-6-4-5-11(16(15)20-2)10-19-14-9-12(18)7-8-13(14)17/h4-9,19H,3,10H2,1-2H3. The van der Waals surface area contributed by atoms with Crippen LogP contribution < -0.4 is 14.8 Å². The Morgan fingerprint density at radius 1 is 1.24 bits per heavy atom. The molecular weight excluding hydrogens is 293 g/mol. The van der Waals surface area contributed by atoms with Crippen molar-refractivity contribution in [1.29, 1.82) is 0 Å². The maximum atomic E-state index is 13.2. The fraction of sp³-hybridized carbons (Fsp3) is 0.250. The molecule has 2 aromatic rings. The molecule has 0 saturated heterocycles. The average molecular weight is 310 g/mol. The number of anilines is 1. The first-order chi connectivity index (χ1) is 10.2. The molecule has 0 bridgehead atoms. The molecule has 3 nitrogen and oxygen atoms in total. The van der Waals surface area contributed by atoms with Crippen molar-refractivity contribution in [1.82, 2.24) is 0 Å². The highest BCUT2D eigenvalue weighted by Crippen LogP contribution is 2.32. The third kappa shape index (κ3) is 3.79. The summed E-state index contributed by atoms with van der Waals surface area (Å²) in [6, 6.07) is 9.86. The quantitative estimate of drug-likeness (QED) is 0.852. The van der Waals surface area contributed by atoms with Gasteiger partial charge >= 0.3 is 0 Å². The molecule has 0 aromatic heterocycles. The number of hydrogen-bond donors (Lipinski definition) is 1. The van der Waals surface area contributed by atoms with E-state index in [1.807, 2.05) is 25.1 Å². The van der Waals surface area contributed by atoms with E-state index >= 15 is 0 Å². The molecule has 0 fully saturated rings. The van der Waals surface area contributed by atoms with Crippen molar-refractivity contribution >= 4 is 17.3 Å². The van der Waals surface area contributed by atoms with E-state index in [0.717, 1.165) is 5.56 Å². The Bertz CT molecular complexity index is 619. The second-order valence-corrected chi connectivity index (χ2v) is 4.77. The second kappa shape index (κ2) is 7.18. The predicted octanol–water partition coefficient (Wildman–Crippen LogP) is 4.50. The number of benzene rings is 2. The van der Waals surface area contributed by atoms with Gasteiger partial charge in [-0.15, -0.1) is 0 Å². The van der Waals surface area contributed by atoms with E-state index in [4.69, 9.17) is 21.1 Å². The molecule has 0 aliphatic carbocycles. The summed E-state index contributed by atoms with van der Waals surface area (Å²) < 4.78 is 24.2. The van der Waals surface area contributed by atoms with Crippen molar-refractivity contribution in [3.8, 4) is 11.5 Å². The predicted molar refractivity (Wildman–Crippen MR) is 82.9 cm³/mol. The lowest BCUT2D eigenvalue weighted by molar-refractivity contribution is 0.309. The number of nitrogens with one attached hydrogen (secondary N) is 1. The Hall–Kier alpha value is -1.94. The Labute approximate surface area is 128 Å². The minimum absolute atomic E-state index is 0.336. The lowest BCUT2D eigenvalue weighted by Gasteiger charge is -2.15. The average Bonchev–Trinajstić information content (AvgIpc) is 2.48. The van der Waals surface area contributed by atoms with Crippen molar-refractivity contribution in [3.05, 3.63) is 52.8 Å². The van der Waals surface area contributed by atoms with Gasteiger partial charge in [0.05, 0.1) is 24.4 Å². The van der Waals surface area contributed by atoms with Crippen molar-refractivity contribution in [2.24, 2.45) is 0 Å². The number of hydrogen-bond acceptors (Lipinski definition) is 3. The maximum absolute atomic E-state index is 13.2. The van der Waals surface area contributed by atoms with Gasteiger partial charge in [0.15, 0.2) is 11.5 Å². The van der Waals surface area contributed by atoms with Gasteiger partial charge < -0.3 is 14.8 Å². The molecule has 0 unspecified atom stereocenters. The monoisotopic (exact) mass is 309 g/mol. The molecule has 0 radical (unpaired) electrons. The van der Waals surface area contributed by atoms with E-state index < -0.39 is 0 Å². The van der Waals surface area contributed by atoms with Crippen molar-refractivity contribution in [2.75, 3.05) is 19.0 Å². The topological polar surface area (TPSA) is 30.5 Å². The molecule has 21 heavy (non-hydrogen) atoms. The second-order valence-electron chi connectivity index (χ2n) is 4.36. The van der Waals surface area contributed by atoms with Crippen LogP contribution in [0.1, 0.15) is 12.5 Å². The highest BCUT2D eigenvalue weighted by atomic mass is 35.5. The summed E-state index contributed by atoms with van der Waals surface area (Å²) in [4.78, 5) is 0. The van der Waals surface area contributed by atoms with Gasteiger partial charge in [-0.1, -0.05) is 23.7 Å². The van der Waals surface area contributed by atoms with Gasteiger partial charge in [-0.25, -0.2) is 4.39 Å². The zero-order chi connectivity index (χ0) is 15.2. The van der Waals surface area contributed by atoms with Crippen LogP contribution >= 0.6 is 11.6 Å². The highest BCUT2D eigenvalue weighted by Gasteiger charge is 2.10. The Kier molecular flexibility index (Phi) is 5.28. The first-order valence-electron chi connectivity index (χ1n) is 6.63. The minimum Gasteiger partial charge on any atom is -0.493 e. The normalized spacial score (nSPS) is 10.3. The first-order valence-corrected chi connectivity index (χ1v) is 7.01. The lowest BCUT2D eigenvalue weighted by atomic mass is 10.1. The van der Waals surface area contributed by atoms with Gasteiger partial charge in [0, 0.05) is 12.1 Å². The largest absolute Gasteiger partial charge is 0.493 e. The first kappa shape index (κ1) is 15.4. The summed E-state index contributed by atoms with van der Waals surface area (Å²) in [6.45, 7) is 2.92. The van der Waals surface area contributed by atoms with Gasteiger partial charge in [0.1, 0.15) is 5.82 Å². The zero-order valence-corrected chi connectivity index (χ0v) is 12.7.